The number of aromatic amines is 1. The number of hydrogen-bond acceptors (Lipinski definition) is 3. The Kier molecular flexibility index (Phi) is 3.64. The molecule has 1 N–H and O–H groups in total. The van der Waals surface area contributed by atoms with Crippen molar-refractivity contribution in [3.05, 3.63) is 21.5 Å². The van der Waals surface area contributed by atoms with Crippen LogP contribution in [-0.2, 0) is 4.79 Å². The van der Waals surface area contributed by atoms with Crippen LogP contribution in [0.15, 0.2) is 16.7 Å². The first kappa shape index (κ1) is 13.8. The molecule has 0 radical (unpaired) electrons. The fraction of sp³-hybridized carbons (Fsp3) is 0.462. The number of nitrogens with one attached hydrogen (secondary N) is 1. The Labute approximate surface area is 130 Å². The highest BCUT2D eigenvalue weighted by Crippen LogP contribution is 2.22. The fourth-order valence-electron chi connectivity index (χ4n) is 2.66. The van der Waals surface area contributed by atoms with E-state index in [1.165, 1.54) is 0 Å². The summed E-state index contributed by atoms with van der Waals surface area (Å²) in [5.41, 5.74) is 1.56. The Hall–Kier alpha value is -1.21. The lowest BCUT2D eigenvalue weighted by Gasteiger charge is -2.21. The number of amides is 1. The van der Waals surface area contributed by atoms with E-state index >= 15 is 0 Å². The van der Waals surface area contributed by atoms with E-state index in [9.17, 15) is 4.79 Å². The molecule has 20 heavy (non-hydrogen) atoms. The highest BCUT2D eigenvalue weighted by atomic mass is 79.9. The van der Waals surface area contributed by atoms with Gasteiger partial charge in [-0.05, 0) is 54.0 Å². The number of likely N-dealkylation sites (tertiary alicyclic amines) is 1. The van der Waals surface area contributed by atoms with E-state index in [-0.39, 0.29) is 11.9 Å². The Balaban J connectivity index is 2.02. The van der Waals surface area contributed by atoms with Gasteiger partial charge in [0, 0.05) is 23.8 Å². The lowest BCUT2D eigenvalue weighted by molar-refractivity contribution is -0.133. The van der Waals surface area contributed by atoms with Crippen molar-refractivity contribution >= 4 is 45.2 Å². The van der Waals surface area contributed by atoms with Gasteiger partial charge in [-0.3, -0.25) is 9.36 Å². The molecule has 2 aromatic heterocycles. The maximum Gasteiger partial charge on any atom is 0.245 e. The molecule has 5 nitrogen and oxygen atoms in total. The number of hydrogen-bond donors (Lipinski definition) is 1. The van der Waals surface area contributed by atoms with Crippen molar-refractivity contribution in [2.24, 2.45) is 0 Å². The number of aromatic nitrogens is 3. The summed E-state index contributed by atoms with van der Waals surface area (Å²) >= 11 is 8.73. The second-order valence-electron chi connectivity index (χ2n) is 5.03. The molecule has 2 aromatic rings. The molecule has 7 heteroatoms. The van der Waals surface area contributed by atoms with E-state index < -0.39 is 0 Å². The number of pyridine rings is 1. The summed E-state index contributed by atoms with van der Waals surface area (Å²) in [5, 5.41) is 0. The summed E-state index contributed by atoms with van der Waals surface area (Å²) in [5.74, 6) is 0.115. The topological polar surface area (TPSA) is 53.9 Å². The molecule has 1 aliphatic heterocycles. The molecule has 1 amide bonds. The Bertz CT molecular complexity index is 717. The summed E-state index contributed by atoms with van der Waals surface area (Å²) in [6.45, 7) is 3.57. The summed E-state index contributed by atoms with van der Waals surface area (Å²) in [7, 11) is 0. The van der Waals surface area contributed by atoms with Gasteiger partial charge < -0.3 is 9.88 Å². The molecule has 1 atom stereocenters. The maximum absolute atomic E-state index is 12.5. The molecule has 0 saturated carbocycles. The number of imidazole rings is 1. The second-order valence-corrected chi connectivity index (χ2v) is 6.34. The minimum absolute atomic E-state index is 0.115. The van der Waals surface area contributed by atoms with Crippen molar-refractivity contribution in [3.8, 4) is 0 Å². The highest BCUT2D eigenvalue weighted by Gasteiger charge is 2.26. The lowest BCUT2D eigenvalue weighted by atomic mass is 10.3. The number of carbonyl (C=O) groups is 1. The zero-order chi connectivity index (χ0) is 14.3. The molecule has 0 spiro atoms. The SMILES string of the molecule is CC(C(=O)N1CCCC1)n1c(=S)[nH]c2cc(Br)cnc21. The lowest BCUT2D eigenvalue weighted by Crippen LogP contribution is -2.34. The Morgan fingerprint density at radius 2 is 2.20 bits per heavy atom. The molecule has 106 valence electrons. The molecule has 3 rings (SSSR count). The first-order valence-corrected chi connectivity index (χ1v) is 7.82. The third-order valence-corrected chi connectivity index (χ3v) is 4.42. The fourth-order valence-corrected chi connectivity index (χ4v) is 3.34. The van der Waals surface area contributed by atoms with Crippen LogP contribution in [0.25, 0.3) is 11.2 Å². The molecule has 0 aliphatic carbocycles. The average Bonchev–Trinajstić information content (AvgIpc) is 3.03. The van der Waals surface area contributed by atoms with Crippen LogP contribution >= 0.6 is 28.1 Å². The largest absolute Gasteiger partial charge is 0.341 e. The van der Waals surface area contributed by atoms with Crippen LogP contribution in [0.5, 0.6) is 0 Å². The van der Waals surface area contributed by atoms with E-state index in [2.05, 4.69) is 25.9 Å². The molecule has 0 aromatic carbocycles. The number of halogens is 1. The van der Waals surface area contributed by atoms with Gasteiger partial charge in [0.25, 0.3) is 0 Å². The minimum Gasteiger partial charge on any atom is -0.341 e. The molecular weight excluding hydrogens is 340 g/mol. The number of rotatable bonds is 2. The highest BCUT2D eigenvalue weighted by molar-refractivity contribution is 9.10. The van der Waals surface area contributed by atoms with Gasteiger partial charge in [-0.15, -0.1) is 0 Å². The van der Waals surface area contributed by atoms with Crippen molar-refractivity contribution in [2.75, 3.05) is 13.1 Å². The van der Waals surface area contributed by atoms with Gasteiger partial charge in [-0.1, -0.05) is 0 Å². The van der Waals surface area contributed by atoms with Gasteiger partial charge in [0.1, 0.15) is 6.04 Å². The van der Waals surface area contributed by atoms with Gasteiger partial charge in [-0.2, -0.15) is 0 Å². The molecule has 3 heterocycles. The first-order valence-electron chi connectivity index (χ1n) is 6.62. The van der Waals surface area contributed by atoms with Gasteiger partial charge in [0.15, 0.2) is 10.4 Å². The minimum atomic E-state index is -0.331. The Morgan fingerprint density at radius 3 is 2.90 bits per heavy atom. The van der Waals surface area contributed by atoms with E-state index in [0.29, 0.717) is 4.77 Å². The number of nitrogens with zero attached hydrogens (tertiary/aromatic N) is 3. The van der Waals surface area contributed by atoms with Gasteiger partial charge in [0.05, 0.1) is 5.52 Å². The number of fused-ring (bicyclic) bond motifs is 1. The van der Waals surface area contributed by atoms with Crippen LogP contribution in [0.3, 0.4) is 0 Å². The normalized spacial score (nSPS) is 16.8. The third-order valence-electron chi connectivity index (χ3n) is 3.68. The molecule has 0 bridgehead atoms. The molecule has 1 saturated heterocycles. The Morgan fingerprint density at radius 1 is 1.50 bits per heavy atom. The van der Waals surface area contributed by atoms with Gasteiger partial charge >= 0.3 is 0 Å². The van der Waals surface area contributed by atoms with Crippen molar-refractivity contribution in [1.29, 1.82) is 0 Å². The number of carbonyl (C=O) groups excluding carboxylic acids is 1. The van der Waals surface area contributed by atoms with Crippen molar-refractivity contribution in [3.63, 3.8) is 0 Å². The third kappa shape index (κ3) is 2.29. The van der Waals surface area contributed by atoms with E-state index in [1.807, 2.05) is 17.9 Å². The second kappa shape index (κ2) is 5.29. The van der Waals surface area contributed by atoms with Crippen LogP contribution in [-0.4, -0.2) is 38.4 Å². The van der Waals surface area contributed by atoms with Crippen molar-refractivity contribution < 1.29 is 4.79 Å². The standard InChI is InChI=1S/C13H15BrN4OS/c1-8(12(19)17-4-2-3-5-17)18-11-10(16-13(18)20)6-9(14)7-15-11/h6-8H,2-5H2,1H3,(H,16,20). The predicted octanol–water partition coefficient (Wildman–Crippen LogP) is 3.04. The van der Waals surface area contributed by atoms with E-state index in [0.717, 1.165) is 41.6 Å². The summed E-state index contributed by atoms with van der Waals surface area (Å²) in [6, 6.07) is 1.59. The zero-order valence-electron chi connectivity index (χ0n) is 11.1. The smallest absolute Gasteiger partial charge is 0.245 e. The number of H-pyrrole nitrogens is 1. The summed E-state index contributed by atoms with van der Waals surface area (Å²) in [6.07, 6.45) is 3.89. The monoisotopic (exact) mass is 354 g/mol. The van der Waals surface area contributed by atoms with Crippen molar-refractivity contribution in [1.82, 2.24) is 19.4 Å². The van der Waals surface area contributed by atoms with Crippen LogP contribution in [0.1, 0.15) is 25.8 Å². The van der Waals surface area contributed by atoms with Crippen LogP contribution in [0.4, 0.5) is 0 Å². The zero-order valence-corrected chi connectivity index (χ0v) is 13.5. The summed E-state index contributed by atoms with van der Waals surface area (Å²) in [4.78, 5) is 21.9. The molecule has 1 aliphatic rings. The predicted molar refractivity (Wildman–Crippen MR) is 83.1 cm³/mol. The maximum atomic E-state index is 12.5. The van der Waals surface area contributed by atoms with Gasteiger partial charge in [0.2, 0.25) is 5.91 Å². The first-order chi connectivity index (χ1) is 9.58. The molecule has 1 fully saturated rings. The average molecular weight is 355 g/mol. The molecular formula is C13H15BrN4OS. The molecule has 1 unspecified atom stereocenters. The van der Waals surface area contributed by atoms with E-state index in [1.54, 1.807) is 10.8 Å². The van der Waals surface area contributed by atoms with Crippen LogP contribution in [0.2, 0.25) is 0 Å². The quantitative estimate of drug-likeness (QED) is 0.843. The van der Waals surface area contributed by atoms with E-state index in [4.69, 9.17) is 12.2 Å². The van der Waals surface area contributed by atoms with Crippen molar-refractivity contribution in [2.45, 2.75) is 25.8 Å². The van der Waals surface area contributed by atoms with Gasteiger partial charge in [-0.25, -0.2) is 4.98 Å². The van der Waals surface area contributed by atoms with Crippen LogP contribution < -0.4 is 0 Å². The van der Waals surface area contributed by atoms with Crippen LogP contribution in [0, 0.1) is 4.77 Å². The summed E-state index contributed by atoms with van der Waals surface area (Å²) < 4.78 is 3.22.